The van der Waals surface area contributed by atoms with Crippen LogP contribution in [0.1, 0.15) is 11.1 Å². The summed E-state index contributed by atoms with van der Waals surface area (Å²) < 4.78 is 11.3. The predicted molar refractivity (Wildman–Crippen MR) is 98.7 cm³/mol. The molecule has 2 aromatic carbocycles. The lowest BCUT2D eigenvalue weighted by atomic mass is 10.1. The Hall–Kier alpha value is -2.49. The number of anilines is 1. The molecule has 0 unspecified atom stereocenters. The molecule has 7 heteroatoms. The fourth-order valence-electron chi connectivity index (χ4n) is 2.28. The van der Waals surface area contributed by atoms with Crippen molar-refractivity contribution in [3.63, 3.8) is 0 Å². The Morgan fingerprint density at radius 3 is 2.80 bits per heavy atom. The van der Waals surface area contributed by atoms with Crippen molar-refractivity contribution < 1.29 is 14.3 Å². The number of nitrogens with one attached hydrogen (secondary N) is 1. The lowest BCUT2D eigenvalue weighted by Crippen LogP contribution is -2.14. The number of halogens is 2. The molecule has 2 aromatic rings. The maximum atomic E-state index is 12.4. The van der Waals surface area contributed by atoms with Crippen LogP contribution in [0.4, 0.5) is 5.69 Å². The largest absolute Gasteiger partial charge is 0.454 e. The van der Waals surface area contributed by atoms with E-state index in [0.717, 1.165) is 5.56 Å². The van der Waals surface area contributed by atoms with Gasteiger partial charge in [0.1, 0.15) is 11.6 Å². The van der Waals surface area contributed by atoms with Crippen molar-refractivity contribution in [1.29, 1.82) is 5.26 Å². The number of nitriles is 1. The zero-order valence-electron chi connectivity index (χ0n) is 13.1. The molecule has 1 heterocycles. The molecular weight excluding hydrogens is 408 g/mol. The molecule has 1 N–H and O–H groups in total. The van der Waals surface area contributed by atoms with Crippen LogP contribution in [-0.2, 0) is 4.79 Å². The van der Waals surface area contributed by atoms with E-state index >= 15 is 0 Å². The van der Waals surface area contributed by atoms with E-state index < -0.39 is 5.91 Å². The number of hydrogen-bond donors (Lipinski definition) is 1. The van der Waals surface area contributed by atoms with Crippen LogP contribution in [-0.4, -0.2) is 12.7 Å². The van der Waals surface area contributed by atoms with Gasteiger partial charge in [-0.25, -0.2) is 0 Å². The standard InChI is InChI=1S/C18H12BrClN2O3/c1-10-14(20)3-2-4-15(10)22-18(23)12(8-21)5-11-6-16-17(7-13(11)19)25-9-24-16/h2-7H,9H2,1H3,(H,22,23). The zero-order valence-corrected chi connectivity index (χ0v) is 15.4. The van der Waals surface area contributed by atoms with E-state index in [-0.39, 0.29) is 12.4 Å². The van der Waals surface area contributed by atoms with Crippen molar-refractivity contribution in [2.24, 2.45) is 0 Å². The van der Waals surface area contributed by atoms with Gasteiger partial charge in [-0.05, 0) is 48.4 Å². The molecule has 1 aliphatic rings. The first-order chi connectivity index (χ1) is 12.0. The highest BCUT2D eigenvalue weighted by Gasteiger charge is 2.17. The molecule has 0 atom stereocenters. The number of benzene rings is 2. The number of rotatable bonds is 3. The van der Waals surface area contributed by atoms with E-state index in [4.69, 9.17) is 21.1 Å². The SMILES string of the molecule is Cc1c(Cl)cccc1NC(=O)C(C#N)=Cc1cc2c(cc1Br)OCO2. The van der Waals surface area contributed by atoms with Gasteiger partial charge in [0.15, 0.2) is 11.5 Å². The molecule has 0 aliphatic carbocycles. The maximum absolute atomic E-state index is 12.4. The summed E-state index contributed by atoms with van der Waals surface area (Å²) in [7, 11) is 0. The van der Waals surface area contributed by atoms with Crippen molar-refractivity contribution in [3.05, 3.63) is 56.5 Å². The van der Waals surface area contributed by atoms with Crippen molar-refractivity contribution in [2.75, 3.05) is 12.1 Å². The molecule has 0 fully saturated rings. The van der Waals surface area contributed by atoms with Gasteiger partial charge in [-0.15, -0.1) is 0 Å². The van der Waals surface area contributed by atoms with E-state index in [0.29, 0.717) is 32.2 Å². The van der Waals surface area contributed by atoms with Crippen LogP contribution < -0.4 is 14.8 Å². The summed E-state index contributed by atoms with van der Waals surface area (Å²) in [6.07, 6.45) is 1.49. The summed E-state index contributed by atoms with van der Waals surface area (Å²) in [6, 6.07) is 10.6. The second-order valence-corrected chi connectivity index (χ2v) is 6.52. The molecule has 1 amide bonds. The van der Waals surface area contributed by atoms with Crippen LogP contribution >= 0.6 is 27.5 Å². The quantitative estimate of drug-likeness (QED) is 0.579. The molecule has 0 radical (unpaired) electrons. The summed E-state index contributed by atoms with van der Waals surface area (Å²) >= 11 is 9.46. The van der Waals surface area contributed by atoms with E-state index in [1.54, 1.807) is 37.3 Å². The number of carbonyl (C=O) groups excluding carboxylic acids is 1. The fourth-order valence-corrected chi connectivity index (χ4v) is 2.89. The van der Waals surface area contributed by atoms with Crippen molar-refractivity contribution in [2.45, 2.75) is 6.92 Å². The van der Waals surface area contributed by atoms with Gasteiger partial charge >= 0.3 is 0 Å². The minimum absolute atomic E-state index is 0.0426. The molecule has 0 saturated heterocycles. The minimum atomic E-state index is -0.516. The highest BCUT2D eigenvalue weighted by Crippen LogP contribution is 2.37. The number of fused-ring (bicyclic) bond motifs is 1. The van der Waals surface area contributed by atoms with E-state index in [1.165, 1.54) is 6.08 Å². The third-order valence-corrected chi connectivity index (χ3v) is 4.77. The molecule has 3 rings (SSSR count). The van der Waals surface area contributed by atoms with E-state index in [1.807, 2.05) is 6.07 Å². The van der Waals surface area contributed by atoms with Crippen LogP contribution in [0.15, 0.2) is 40.4 Å². The van der Waals surface area contributed by atoms with Gasteiger partial charge in [0, 0.05) is 15.2 Å². The Morgan fingerprint density at radius 1 is 1.36 bits per heavy atom. The molecule has 25 heavy (non-hydrogen) atoms. The van der Waals surface area contributed by atoms with E-state index in [9.17, 15) is 10.1 Å². The van der Waals surface area contributed by atoms with Crippen LogP contribution in [0, 0.1) is 18.3 Å². The van der Waals surface area contributed by atoms with Gasteiger partial charge in [-0.3, -0.25) is 4.79 Å². The number of ether oxygens (including phenoxy) is 2. The van der Waals surface area contributed by atoms with Crippen LogP contribution in [0.3, 0.4) is 0 Å². The molecule has 5 nitrogen and oxygen atoms in total. The Balaban J connectivity index is 1.89. The number of hydrogen-bond acceptors (Lipinski definition) is 4. The molecule has 0 aromatic heterocycles. The number of nitrogens with zero attached hydrogens (tertiary/aromatic N) is 1. The Bertz CT molecular complexity index is 935. The van der Waals surface area contributed by atoms with Gasteiger partial charge < -0.3 is 14.8 Å². The Labute approximate surface area is 157 Å². The lowest BCUT2D eigenvalue weighted by molar-refractivity contribution is -0.112. The smallest absolute Gasteiger partial charge is 0.266 e. The summed E-state index contributed by atoms with van der Waals surface area (Å²) in [5, 5.41) is 12.6. The first-order valence-electron chi connectivity index (χ1n) is 7.27. The first kappa shape index (κ1) is 17.3. The average Bonchev–Trinajstić information content (AvgIpc) is 3.03. The normalized spacial score (nSPS) is 12.6. The zero-order chi connectivity index (χ0) is 18.0. The van der Waals surface area contributed by atoms with Gasteiger partial charge in [0.2, 0.25) is 6.79 Å². The fraction of sp³-hybridized carbons (Fsp3) is 0.111. The molecule has 0 bridgehead atoms. The minimum Gasteiger partial charge on any atom is -0.454 e. The highest BCUT2D eigenvalue weighted by atomic mass is 79.9. The van der Waals surface area contributed by atoms with Crippen LogP contribution in [0.25, 0.3) is 6.08 Å². The van der Waals surface area contributed by atoms with Crippen molar-refractivity contribution >= 4 is 45.2 Å². The van der Waals surface area contributed by atoms with Gasteiger partial charge in [0.25, 0.3) is 5.91 Å². The van der Waals surface area contributed by atoms with Crippen molar-refractivity contribution in [1.82, 2.24) is 0 Å². The lowest BCUT2D eigenvalue weighted by Gasteiger charge is -2.09. The number of carbonyl (C=O) groups is 1. The molecule has 126 valence electrons. The molecule has 0 spiro atoms. The predicted octanol–water partition coefficient (Wildman–Crippen LogP) is 4.69. The van der Waals surface area contributed by atoms with Gasteiger partial charge in [-0.1, -0.05) is 33.6 Å². The summed E-state index contributed by atoms with van der Waals surface area (Å²) in [4.78, 5) is 12.4. The number of amides is 1. The van der Waals surface area contributed by atoms with Crippen LogP contribution in [0.5, 0.6) is 11.5 Å². The third-order valence-electron chi connectivity index (χ3n) is 3.67. The average molecular weight is 420 g/mol. The molecule has 0 saturated carbocycles. The van der Waals surface area contributed by atoms with Crippen LogP contribution in [0.2, 0.25) is 5.02 Å². The highest BCUT2D eigenvalue weighted by molar-refractivity contribution is 9.10. The monoisotopic (exact) mass is 418 g/mol. The Morgan fingerprint density at radius 2 is 2.08 bits per heavy atom. The maximum Gasteiger partial charge on any atom is 0.266 e. The van der Waals surface area contributed by atoms with Gasteiger partial charge in [0.05, 0.1) is 0 Å². The first-order valence-corrected chi connectivity index (χ1v) is 8.44. The van der Waals surface area contributed by atoms with Crippen molar-refractivity contribution in [3.8, 4) is 17.6 Å². The summed E-state index contributed by atoms with van der Waals surface area (Å²) in [5.41, 5.74) is 1.89. The summed E-state index contributed by atoms with van der Waals surface area (Å²) in [5.74, 6) is 0.664. The topological polar surface area (TPSA) is 71.4 Å². The second-order valence-electron chi connectivity index (χ2n) is 5.26. The Kier molecular flexibility index (Phi) is 4.98. The second kappa shape index (κ2) is 7.18. The summed E-state index contributed by atoms with van der Waals surface area (Å²) in [6.45, 7) is 1.94. The van der Waals surface area contributed by atoms with E-state index in [2.05, 4.69) is 21.2 Å². The third kappa shape index (κ3) is 3.63. The molecular formula is C18H12BrClN2O3. The van der Waals surface area contributed by atoms with Gasteiger partial charge in [-0.2, -0.15) is 5.26 Å². The molecule has 1 aliphatic heterocycles.